The van der Waals surface area contributed by atoms with Crippen molar-refractivity contribution in [2.75, 3.05) is 25.6 Å². The quantitative estimate of drug-likeness (QED) is 0.595. The van der Waals surface area contributed by atoms with E-state index in [9.17, 15) is 9.59 Å². The van der Waals surface area contributed by atoms with Crippen LogP contribution in [0.4, 0.5) is 5.69 Å². The molecule has 0 radical (unpaired) electrons. The number of carbonyl (C=O) groups excluding carboxylic acids is 2. The minimum Gasteiger partial charge on any atom is -0.497 e. The van der Waals surface area contributed by atoms with E-state index >= 15 is 0 Å². The number of benzene rings is 2. The summed E-state index contributed by atoms with van der Waals surface area (Å²) in [6.07, 6.45) is 1.55. The van der Waals surface area contributed by atoms with E-state index in [0.29, 0.717) is 22.6 Å². The monoisotopic (exact) mass is 348 g/mol. The predicted molar refractivity (Wildman–Crippen MR) is 102 cm³/mol. The average molecular weight is 348 g/mol. The van der Waals surface area contributed by atoms with Crippen LogP contribution < -0.4 is 9.64 Å². The minimum absolute atomic E-state index is 0.170. The van der Waals surface area contributed by atoms with Crippen LogP contribution in [0.2, 0.25) is 0 Å². The third kappa shape index (κ3) is 2.99. The molecule has 0 atom stereocenters. The van der Waals surface area contributed by atoms with Gasteiger partial charge < -0.3 is 9.64 Å². The number of imide groups is 1. The zero-order valence-corrected chi connectivity index (χ0v) is 14.8. The minimum atomic E-state index is -0.327. The molecular weight excluding hydrogens is 328 g/mol. The van der Waals surface area contributed by atoms with Crippen molar-refractivity contribution in [2.24, 2.45) is 0 Å². The number of para-hydroxylation sites is 1. The van der Waals surface area contributed by atoms with Gasteiger partial charge in [-0.1, -0.05) is 36.4 Å². The van der Waals surface area contributed by atoms with Gasteiger partial charge in [-0.2, -0.15) is 0 Å². The van der Waals surface area contributed by atoms with Crippen LogP contribution in [0.25, 0.3) is 5.57 Å². The van der Waals surface area contributed by atoms with E-state index in [0.717, 1.165) is 5.69 Å². The number of anilines is 1. The second kappa shape index (κ2) is 7.27. The Balaban J connectivity index is 2.13. The lowest BCUT2D eigenvalue weighted by Gasteiger charge is -2.21. The maximum absolute atomic E-state index is 13.0. The van der Waals surface area contributed by atoms with E-state index in [4.69, 9.17) is 4.74 Å². The van der Waals surface area contributed by atoms with Crippen LogP contribution in [0.1, 0.15) is 5.56 Å². The van der Waals surface area contributed by atoms with Gasteiger partial charge in [0, 0.05) is 19.3 Å². The van der Waals surface area contributed by atoms with Crippen molar-refractivity contribution in [1.82, 2.24) is 4.90 Å². The van der Waals surface area contributed by atoms with Crippen molar-refractivity contribution in [3.05, 3.63) is 78.5 Å². The van der Waals surface area contributed by atoms with Crippen molar-refractivity contribution in [3.63, 3.8) is 0 Å². The smallest absolute Gasteiger partial charge is 0.278 e. The summed E-state index contributed by atoms with van der Waals surface area (Å²) in [4.78, 5) is 28.9. The topological polar surface area (TPSA) is 49.9 Å². The molecule has 2 aromatic carbocycles. The maximum atomic E-state index is 13.0. The van der Waals surface area contributed by atoms with Crippen LogP contribution in [0.3, 0.4) is 0 Å². The molecule has 0 aromatic heterocycles. The molecule has 5 nitrogen and oxygen atoms in total. The van der Waals surface area contributed by atoms with Gasteiger partial charge in [0.1, 0.15) is 11.4 Å². The number of methoxy groups -OCH3 is 1. The van der Waals surface area contributed by atoms with E-state index in [-0.39, 0.29) is 18.4 Å². The predicted octanol–water partition coefficient (Wildman–Crippen LogP) is 3.10. The van der Waals surface area contributed by atoms with Gasteiger partial charge in [-0.15, -0.1) is 6.58 Å². The molecule has 0 saturated carbocycles. The molecule has 1 heterocycles. The van der Waals surface area contributed by atoms with Crippen molar-refractivity contribution in [3.8, 4) is 5.75 Å². The van der Waals surface area contributed by atoms with E-state index in [1.165, 1.54) is 4.90 Å². The summed E-state index contributed by atoms with van der Waals surface area (Å²) in [6, 6.07) is 16.6. The molecule has 0 spiro atoms. The molecule has 1 aliphatic heterocycles. The van der Waals surface area contributed by atoms with Crippen LogP contribution in [0.15, 0.2) is 72.9 Å². The first-order chi connectivity index (χ1) is 12.6. The lowest BCUT2D eigenvalue weighted by atomic mass is 10.0. The molecule has 0 saturated heterocycles. The fourth-order valence-corrected chi connectivity index (χ4v) is 2.97. The van der Waals surface area contributed by atoms with E-state index in [1.807, 2.05) is 30.3 Å². The number of ether oxygens (including phenoxy) is 1. The lowest BCUT2D eigenvalue weighted by molar-refractivity contribution is -0.136. The maximum Gasteiger partial charge on any atom is 0.278 e. The van der Waals surface area contributed by atoms with Gasteiger partial charge in [0.25, 0.3) is 11.8 Å². The van der Waals surface area contributed by atoms with E-state index < -0.39 is 0 Å². The first-order valence-corrected chi connectivity index (χ1v) is 8.23. The number of hydrogen-bond acceptors (Lipinski definition) is 4. The van der Waals surface area contributed by atoms with Crippen LogP contribution >= 0.6 is 0 Å². The Kier molecular flexibility index (Phi) is 4.89. The van der Waals surface area contributed by atoms with Crippen LogP contribution in [0.5, 0.6) is 5.75 Å². The van der Waals surface area contributed by atoms with Crippen LogP contribution in [0, 0.1) is 0 Å². The molecule has 2 aromatic rings. The summed E-state index contributed by atoms with van der Waals surface area (Å²) < 4.78 is 5.18. The first-order valence-electron chi connectivity index (χ1n) is 8.23. The number of likely N-dealkylation sites (N-methyl/N-ethyl adjacent to an activating group) is 1. The average Bonchev–Trinajstić information content (AvgIpc) is 2.93. The molecule has 1 aliphatic rings. The molecule has 5 heteroatoms. The fourth-order valence-electron chi connectivity index (χ4n) is 2.97. The highest BCUT2D eigenvalue weighted by molar-refractivity contribution is 6.36. The molecule has 2 amide bonds. The Labute approximate surface area is 152 Å². The van der Waals surface area contributed by atoms with Gasteiger partial charge in [-0.3, -0.25) is 14.5 Å². The summed E-state index contributed by atoms with van der Waals surface area (Å²) in [5, 5.41) is 0. The number of hydrogen-bond donors (Lipinski definition) is 0. The number of carbonyl (C=O) groups is 2. The van der Waals surface area contributed by atoms with E-state index in [2.05, 4.69) is 6.58 Å². The molecule has 0 N–H and O–H groups in total. The Bertz CT molecular complexity index is 870. The highest BCUT2D eigenvalue weighted by atomic mass is 16.5. The Morgan fingerprint density at radius 1 is 1.04 bits per heavy atom. The van der Waals surface area contributed by atoms with Gasteiger partial charge >= 0.3 is 0 Å². The summed E-state index contributed by atoms with van der Waals surface area (Å²) >= 11 is 0. The van der Waals surface area contributed by atoms with Crippen molar-refractivity contribution in [2.45, 2.75) is 0 Å². The molecule has 0 bridgehead atoms. The molecule has 26 heavy (non-hydrogen) atoms. The molecule has 132 valence electrons. The third-order valence-electron chi connectivity index (χ3n) is 4.31. The standard InChI is InChI=1S/C21H20N2O3/c1-4-14-23-20(24)18(15-10-12-17(26-3)13-11-15)19(21(23)25)22(2)16-8-6-5-7-9-16/h4-13H,1,14H2,2-3H3. The van der Waals surface area contributed by atoms with Crippen LogP contribution in [-0.2, 0) is 9.59 Å². The second-order valence-electron chi connectivity index (χ2n) is 5.86. The largest absolute Gasteiger partial charge is 0.497 e. The highest BCUT2D eigenvalue weighted by Crippen LogP contribution is 2.33. The fraction of sp³-hybridized carbons (Fsp3) is 0.143. The second-order valence-corrected chi connectivity index (χ2v) is 5.86. The summed E-state index contributed by atoms with van der Waals surface area (Å²) in [7, 11) is 3.37. The SMILES string of the molecule is C=CCN1C(=O)C(c2ccc(OC)cc2)=C(N(C)c2ccccc2)C1=O. The number of nitrogens with zero attached hydrogens (tertiary/aromatic N) is 2. The zero-order chi connectivity index (χ0) is 18.7. The number of rotatable bonds is 6. The van der Waals surface area contributed by atoms with Crippen molar-refractivity contribution in [1.29, 1.82) is 0 Å². The van der Waals surface area contributed by atoms with Gasteiger partial charge in [0.15, 0.2) is 0 Å². The third-order valence-corrected chi connectivity index (χ3v) is 4.31. The van der Waals surface area contributed by atoms with Gasteiger partial charge in [-0.05, 0) is 29.8 Å². The van der Waals surface area contributed by atoms with Crippen LogP contribution in [-0.4, -0.2) is 37.4 Å². The zero-order valence-electron chi connectivity index (χ0n) is 14.8. The number of amides is 2. The summed E-state index contributed by atoms with van der Waals surface area (Å²) in [5.74, 6) is 0.0388. The summed E-state index contributed by atoms with van der Waals surface area (Å²) in [5.41, 5.74) is 2.24. The molecule has 3 rings (SSSR count). The van der Waals surface area contributed by atoms with Crippen molar-refractivity contribution >= 4 is 23.1 Å². The Hall–Kier alpha value is -3.34. The molecule has 0 fully saturated rings. The molecular formula is C21H20N2O3. The molecule has 0 unspecified atom stereocenters. The first kappa shape index (κ1) is 17.5. The van der Waals surface area contributed by atoms with Gasteiger partial charge in [0.2, 0.25) is 0 Å². The Morgan fingerprint density at radius 3 is 2.27 bits per heavy atom. The summed E-state index contributed by atoms with van der Waals surface area (Å²) in [6.45, 7) is 3.82. The lowest BCUT2D eigenvalue weighted by Crippen LogP contribution is -2.34. The van der Waals surface area contributed by atoms with Gasteiger partial charge in [0.05, 0.1) is 12.7 Å². The Morgan fingerprint density at radius 2 is 1.69 bits per heavy atom. The van der Waals surface area contributed by atoms with Crippen molar-refractivity contribution < 1.29 is 14.3 Å². The highest BCUT2D eigenvalue weighted by Gasteiger charge is 2.40. The van der Waals surface area contributed by atoms with Gasteiger partial charge in [-0.25, -0.2) is 0 Å². The molecule has 0 aliphatic carbocycles. The normalized spacial score (nSPS) is 14.0. The van der Waals surface area contributed by atoms with E-state index in [1.54, 1.807) is 49.4 Å².